The number of nitrogens with two attached hydrogens (primary N) is 1. The van der Waals surface area contributed by atoms with Gasteiger partial charge in [0.05, 0.1) is 6.04 Å². The van der Waals surface area contributed by atoms with Gasteiger partial charge in [0.1, 0.15) is 12.3 Å². The van der Waals surface area contributed by atoms with E-state index in [0.717, 1.165) is 52.7 Å². The largest absolute Gasteiger partial charge is 0.374 e. The van der Waals surface area contributed by atoms with Crippen LogP contribution >= 0.6 is 23.4 Å². The van der Waals surface area contributed by atoms with Crippen molar-refractivity contribution in [3.63, 3.8) is 0 Å². The second kappa shape index (κ2) is 19.6. The van der Waals surface area contributed by atoms with Gasteiger partial charge in [-0.05, 0) is 67.9 Å². The SMILES string of the molecule is C=C1C=CC(C(O)NCc2ccc(Cl)cc2Sc2ccccc2CN[C@@H](CCCN(CC)CC)C(=O)N[C@@H](CN)C(=O)N(C)C)=CN1. The van der Waals surface area contributed by atoms with E-state index in [1.807, 2.05) is 54.6 Å². The maximum Gasteiger partial charge on any atom is 0.245 e. The van der Waals surface area contributed by atoms with E-state index in [1.165, 1.54) is 4.90 Å². The second-order valence-electron chi connectivity index (χ2n) is 11.5. The highest BCUT2D eigenvalue weighted by atomic mass is 35.5. The molecule has 0 saturated heterocycles. The molecule has 1 unspecified atom stereocenters. The number of aliphatic hydroxyl groups excluding tert-OH is 1. The summed E-state index contributed by atoms with van der Waals surface area (Å²) < 4.78 is 0. The van der Waals surface area contributed by atoms with Crippen LogP contribution in [0, 0.1) is 0 Å². The van der Waals surface area contributed by atoms with Gasteiger partial charge in [-0.15, -0.1) is 0 Å². The fourth-order valence-electron chi connectivity index (χ4n) is 5.02. The van der Waals surface area contributed by atoms with E-state index >= 15 is 0 Å². The Balaban J connectivity index is 1.75. The lowest BCUT2D eigenvalue weighted by Crippen LogP contribution is -2.55. The van der Waals surface area contributed by atoms with Gasteiger partial charge in [0.25, 0.3) is 0 Å². The molecule has 0 fully saturated rings. The number of amides is 2. The number of nitrogens with zero attached hydrogens (tertiary/aromatic N) is 2. The number of allylic oxidation sites excluding steroid dienone is 1. The molecule has 12 heteroatoms. The Bertz CT molecular complexity index is 1410. The molecule has 0 aliphatic carbocycles. The molecular weight excluding hydrogens is 634 g/mol. The predicted octanol–water partition coefficient (Wildman–Crippen LogP) is 3.57. The Morgan fingerprint density at radius 3 is 2.38 bits per heavy atom. The Kier molecular flexibility index (Phi) is 16.0. The minimum atomic E-state index is -0.867. The summed E-state index contributed by atoms with van der Waals surface area (Å²) in [6.45, 7) is 11.7. The van der Waals surface area contributed by atoms with Crippen LogP contribution in [0.15, 0.2) is 88.5 Å². The fourth-order valence-corrected chi connectivity index (χ4v) is 6.37. The normalized spacial score (nSPS) is 14.7. The zero-order valence-electron chi connectivity index (χ0n) is 27.9. The first-order valence-corrected chi connectivity index (χ1v) is 17.2. The third kappa shape index (κ3) is 12.1. The number of likely N-dealkylation sites (N-methyl/N-ethyl adjacent to an activating group) is 1. The minimum absolute atomic E-state index is 0.0171. The quantitative estimate of drug-likeness (QED) is 0.123. The van der Waals surface area contributed by atoms with Crippen LogP contribution in [0.4, 0.5) is 0 Å². The van der Waals surface area contributed by atoms with Crippen LogP contribution in [-0.4, -0.2) is 85.3 Å². The summed E-state index contributed by atoms with van der Waals surface area (Å²) in [5, 5.41) is 23.9. The van der Waals surface area contributed by atoms with Gasteiger partial charge < -0.3 is 36.6 Å². The molecule has 3 atom stereocenters. The predicted molar refractivity (Wildman–Crippen MR) is 192 cm³/mol. The average Bonchev–Trinajstić information content (AvgIpc) is 3.06. The first kappa shape index (κ1) is 38.3. The summed E-state index contributed by atoms with van der Waals surface area (Å²) in [5.41, 5.74) is 9.32. The second-order valence-corrected chi connectivity index (χ2v) is 13.0. The van der Waals surface area contributed by atoms with Crippen LogP contribution in [0.2, 0.25) is 5.02 Å². The number of carbonyl (C=O) groups is 2. The highest BCUT2D eigenvalue weighted by Gasteiger charge is 2.26. The van der Waals surface area contributed by atoms with Gasteiger partial charge in [-0.3, -0.25) is 14.9 Å². The van der Waals surface area contributed by atoms with Crippen molar-refractivity contribution >= 4 is 35.2 Å². The summed E-state index contributed by atoms with van der Waals surface area (Å²) in [7, 11) is 3.30. The van der Waals surface area contributed by atoms with E-state index in [9.17, 15) is 14.7 Å². The summed E-state index contributed by atoms with van der Waals surface area (Å²) in [5.74, 6) is -0.483. The van der Waals surface area contributed by atoms with E-state index in [4.69, 9.17) is 17.3 Å². The minimum Gasteiger partial charge on any atom is -0.374 e. The van der Waals surface area contributed by atoms with Crippen LogP contribution in [0.3, 0.4) is 0 Å². The average molecular weight is 684 g/mol. The summed E-state index contributed by atoms with van der Waals surface area (Å²) in [6, 6.07) is 12.4. The number of carbonyl (C=O) groups excluding carboxylic acids is 2. The molecule has 0 spiro atoms. The molecule has 2 aromatic rings. The molecule has 3 rings (SSSR count). The molecular formula is C35H50ClN7O3S. The van der Waals surface area contributed by atoms with E-state index in [1.54, 1.807) is 32.1 Å². The van der Waals surface area contributed by atoms with Crippen molar-refractivity contribution in [3.8, 4) is 0 Å². The molecule has 10 nitrogen and oxygen atoms in total. The Hall–Kier alpha value is -3.16. The van der Waals surface area contributed by atoms with Crippen molar-refractivity contribution in [2.75, 3.05) is 40.3 Å². The van der Waals surface area contributed by atoms with Crippen molar-refractivity contribution in [1.82, 2.24) is 31.1 Å². The standard InChI is InChI=1S/C35H50ClN7O3S/c1-6-43(7-2)18-10-12-29(34(45)41-30(20-37)35(46)42(4)5)39-21-25-11-8-9-13-31(25)47-32-19-28(36)17-16-26(32)22-40-33(44)27-15-14-24(3)38-23-27/h8-9,11,13-17,19,23,29-30,33,38-40,44H,3,6-7,10,12,18,20-22,37H2,1-2,4-5H3,(H,41,45)/t29-,30-,33?/m0/s1. The van der Waals surface area contributed by atoms with Crippen molar-refractivity contribution in [2.45, 2.75) is 67.9 Å². The van der Waals surface area contributed by atoms with Crippen LogP contribution < -0.4 is 27.0 Å². The molecule has 2 amide bonds. The molecule has 2 aromatic carbocycles. The molecule has 1 aliphatic rings. The third-order valence-electron chi connectivity index (χ3n) is 7.93. The number of rotatable bonds is 19. The van der Waals surface area contributed by atoms with Crippen molar-refractivity contribution in [3.05, 3.63) is 94.8 Å². The zero-order chi connectivity index (χ0) is 34.3. The number of hydrogen-bond acceptors (Lipinski definition) is 9. The third-order valence-corrected chi connectivity index (χ3v) is 9.39. The molecule has 0 bridgehead atoms. The number of aliphatic hydroxyl groups is 1. The van der Waals surface area contributed by atoms with E-state index in [2.05, 4.69) is 46.6 Å². The molecule has 256 valence electrons. The maximum absolute atomic E-state index is 13.5. The zero-order valence-corrected chi connectivity index (χ0v) is 29.5. The highest BCUT2D eigenvalue weighted by Crippen LogP contribution is 2.35. The molecule has 0 aromatic heterocycles. The summed E-state index contributed by atoms with van der Waals surface area (Å²) in [6.07, 6.45) is 5.92. The van der Waals surface area contributed by atoms with E-state index in [0.29, 0.717) is 30.1 Å². The Morgan fingerprint density at radius 2 is 1.72 bits per heavy atom. The lowest BCUT2D eigenvalue weighted by Gasteiger charge is -2.25. The Morgan fingerprint density at radius 1 is 1.02 bits per heavy atom. The van der Waals surface area contributed by atoms with E-state index < -0.39 is 18.3 Å². The lowest BCUT2D eigenvalue weighted by atomic mass is 10.1. The van der Waals surface area contributed by atoms with Crippen LogP contribution in [-0.2, 0) is 22.7 Å². The van der Waals surface area contributed by atoms with Crippen molar-refractivity contribution < 1.29 is 14.7 Å². The van der Waals surface area contributed by atoms with Gasteiger partial charge in [0.15, 0.2) is 0 Å². The number of benzene rings is 2. The van der Waals surface area contributed by atoms with Gasteiger partial charge in [-0.25, -0.2) is 0 Å². The Labute approximate surface area is 288 Å². The highest BCUT2D eigenvalue weighted by molar-refractivity contribution is 7.99. The number of hydrogen-bond donors (Lipinski definition) is 6. The number of halogens is 1. The van der Waals surface area contributed by atoms with Crippen LogP contribution in [0.1, 0.15) is 37.8 Å². The van der Waals surface area contributed by atoms with Gasteiger partial charge in [0, 0.05) is 66.0 Å². The molecule has 1 aliphatic heterocycles. The molecule has 47 heavy (non-hydrogen) atoms. The summed E-state index contributed by atoms with van der Waals surface area (Å²) in [4.78, 5) is 31.8. The van der Waals surface area contributed by atoms with Gasteiger partial charge in [-0.2, -0.15) is 0 Å². The van der Waals surface area contributed by atoms with Crippen molar-refractivity contribution in [2.24, 2.45) is 5.73 Å². The fraction of sp³-hybridized carbons (Fsp3) is 0.429. The first-order chi connectivity index (χ1) is 22.6. The molecule has 0 saturated carbocycles. The topological polar surface area (TPSA) is 135 Å². The van der Waals surface area contributed by atoms with Gasteiger partial charge >= 0.3 is 0 Å². The van der Waals surface area contributed by atoms with E-state index in [-0.39, 0.29) is 18.4 Å². The molecule has 0 radical (unpaired) electrons. The first-order valence-electron chi connectivity index (χ1n) is 16.0. The summed E-state index contributed by atoms with van der Waals surface area (Å²) >= 11 is 8.01. The number of dihydropyridines is 1. The smallest absolute Gasteiger partial charge is 0.245 e. The molecule has 1 heterocycles. The maximum atomic E-state index is 13.5. The lowest BCUT2D eigenvalue weighted by molar-refractivity contribution is -0.134. The monoisotopic (exact) mass is 683 g/mol. The van der Waals surface area contributed by atoms with Crippen LogP contribution in [0.5, 0.6) is 0 Å². The van der Waals surface area contributed by atoms with Gasteiger partial charge in [0.2, 0.25) is 11.8 Å². The van der Waals surface area contributed by atoms with Crippen molar-refractivity contribution in [1.29, 1.82) is 0 Å². The van der Waals surface area contributed by atoms with Gasteiger partial charge in [-0.1, -0.05) is 74.1 Å². The van der Waals surface area contributed by atoms with Crippen LogP contribution in [0.25, 0.3) is 0 Å². The molecule has 7 N–H and O–H groups in total. The number of nitrogens with one attached hydrogen (secondary N) is 4.